The van der Waals surface area contributed by atoms with Gasteiger partial charge in [0.2, 0.25) is 0 Å². The Balaban J connectivity index is 2.73. The van der Waals surface area contributed by atoms with Gasteiger partial charge in [0.05, 0.1) is 12.6 Å². The van der Waals surface area contributed by atoms with Crippen LogP contribution in [0.25, 0.3) is 0 Å². The number of rotatable bonds is 6. The molecule has 1 unspecified atom stereocenters. The van der Waals surface area contributed by atoms with Crippen molar-refractivity contribution in [3.05, 3.63) is 34.9 Å². The van der Waals surface area contributed by atoms with Gasteiger partial charge in [0.25, 0.3) is 5.91 Å². The second kappa shape index (κ2) is 8.12. The maximum absolute atomic E-state index is 12.1. The van der Waals surface area contributed by atoms with E-state index in [1.807, 2.05) is 13.8 Å². The SMILES string of the molecule is CCCC(NC(=O)c1cccc(Cl)c1)C(=S)OCC. The van der Waals surface area contributed by atoms with E-state index < -0.39 is 0 Å². The molecule has 5 heteroatoms. The van der Waals surface area contributed by atoms with Gasteiger partial charge in [-0.2, -0.15) is 0 Å². The summed E-state index contributed by atoms with van der Waals surface area (Å²) in [5.41, 5.74) is 0.521. The maximum Gasteiger partial charge on any atom is 0.251 e. The van der Waals surface area contributed by atoms with Crippen molar-refractivity contribution in [2.75, 3.05) is 6.61 Å². The predicted molar refractivity (Wildman–Crippen MR) is 81.8 cm³/mol. The van der Waals surface area contributed by atoms with Crippen LogP contribution in [0.1, 0.15) is 37.0 Å². The molecule has 0 aliphatic rings. The van der Waals surface area contributed by atoms with Gasteiger partial charge in [-0.1, -0.05) is 31.0 Å². The second-order valence-electron chi connectivity index (χ2n) is 4.08. The molecule has 0 aromatic heterocycles. The number of ether oxygens (including phenoxy) is 1. The number of nitrogens with one attached hydrogen (secondary N) is 1. The fourth-order valence-electron chi connectivity index (χ4n) is 1.65. The van der Waals surface area contributed by atoms with Crippen LogP contribution in [0.5, 0.6) is 0 Å². The van der Waals surface area contributed by atoms with Crippen LogP contribution in [0, 0.1) is 0 Å². The summed E-state index contributed by atoms with van der Waals surface area (Å²) in [5.74, 6) is -0.192. The molecule has 1 N–H and O–H groups in total. The normalized spacial score (nSPS) is 11.7. The molecule has 0 saturated heterocycles. The maximum atomic E-state index is 12.1. The molecule has 0 radical (unpaired) electrons. The topological polar surface area (TPSA) is 38.3 Å². The highest BCUT2D eigenvalue weighted by Crippen LogP contribution is 2.11. The van der Waals surface area contributed by atoms with Gasteiger partial charge in [-0.15, -0.1) is 0 Å². The molecule has 1 amide bonds. The number of benzene rings is 1. The van der Waals surface area contributed by atoms with Crippen LogP contribution >= 0.6 is 23.8 Å². The minimum absolute atomic E-state index is 0.192. The fraction of sp³-hybridized carbons (Fsp3) is 0.429. The summed E-state index contributed by atoms with van der Waals surface area (Å²) in [6.07, 6.45) is 1.67. The van der Waals surface area contributed by atoms with E-state index >= 15 is 0 Å². The Kier molecular flexibility index (Phi) is 6.81. The number of thiocarbonyl (C=S) groups is 1. The lowest BCUT2D eigenvalue weighted by molar-refractivity contribution is 0.0941. The summed E-state index contributed by atoms with van der Waals surface area (Å²) in [7, 11) is 0. The average molecular weight is 300 g/mol. The molecule has 1 aromatic rings. The van der Waals surface area contributed by atoms with Crippen molar-refractivity contribution in [2.24, 2.45) is 0 Å². The van der Waals surface area contributed by atoms with E-state index in [4.69, 9.17) is 28.6 Å². The lowest BCUT2D eigenvalue weighted by Crippen LogP contribution is -2.41. The fourth-order valence-corrected chi connectivity index (χ4v) is 2.14. The molecule has 0 spiro atoms. The van der Waals surface area contributed by atoms with Crippen molar-refractivity contribution in [3.63, 3.8) is 0 Å². The summed E-state index contributed by atoms with van der Waals surface area (Å²) < 4.78 is 5.31. The second-order valence-corrected chi connectivity index (χ2v) is 4.92. The van der Waals surface area contributed by atoms with E-state index in [9.17, 15) is 4.79 Å². The van der Waals surface area contributed by atoms with Crippen LogP contribution in [0.2, 0.25) is 5.02 Å². The Morgan fingerprint density at radius 2 is 2.21 bits per heavy atom. The minimum atomic E-state index is -0.244. The number of amides is 1. The van der Waals surface area contributed by atoms with E-state index in [1.165, 1.54) is 0 Å². The average Bonchev–Trinajstić information content (AvgIpc) is 2.38. The molecule has 104 valence electrons. The Morgan fingerprint density at radius 1 is 1.47 bits per heavy atom. The minimum Gasteiger partial charge on any atom is -0.485 e. The molecule has 0 heterocycles. The Hall–Kier alpha value is -1.13. The van der Waals surface area contributed by atoms with Crippen LogP contribution in [-0.2, 0) is 4.74 Å². The van der Waals surface area contributed by atoms with Crippen LogP contribution in [0.3, 0.4) is 0 Å². The van der Waals surface area contributed by atoms with E-state index in [-0.39, 0.29) is 11.9 Å². The molecule has 19 heavy (non-hydrogen) atoms. The first kappa shape index (κ1) is 15.9. The summed E-state index contributed by atoms with van der Waals surface area (Å²) >= 11 is 11.0. The Bertz CT molecular complexity index is 451. The van der Waals surface area contributed by atoms with Gasteiger partial charge in [-0.3, -0.25) is 4.79 Å². The van der Waals surface area contributed by atoms with Gasteiger partial charge in [-0.25, -0.2) is 0 Å². The molecule has 0 aliphatic heterocycles. The van der Waals surface area contributed by atoms with Crippen LogP contribution in [-0.4, -0.2) is 23.6 Å². The lowest BCUT2D eigenvalue weighted by Gasteiger charge is -2.19. The molecule has 3 nitrogen and oxygen atoms in total. The molecule has 0 aliphatic carbocycles. The van der Waals surface area contributed by atoms with E-state index in [0.29, 0.717) is 22.2 Å². The number of hydrogen-bond acceptors (Lipinski definition) is 3. The first-order valence-electron chi connectivity index (χ1n) is 6.31. The van der Waals surface area contributed by atoms with Crippen LogP contribution < -0.4 is 5.32 Å². The smallest absolute Gasteiger partial charge is 0.251 e. The molecule has 0 bridgehead atoms. The van der Waals surface area contributed by atoms with E-state index in [0.717, 1.165) is 12.8 Å². The highest BCUT2D eigenvalue weighted by molar-refractivity contribution is 7.80. The van der Waals surface area contributed by atoms with Crippen molar-refractivity contribution >= 4 is 34.8 Å². The molecular weight excluding hydrogens is 282 g/mol. The third kappa shape index (κ3) is 5.17. The Labute approximate surface area is 124 Å². The summed E-state index contributed by atoms with van der Waals surface area (Å²) in [6, 6.07) is 6.57. The number of halogens is 1. The first-order chi connectivity index (χ1) is 9.08. The van der Waals surface area contributed by atoms with E-state index in [1.54, 1.807) is 24.3 Å². The highest BCUT2D eigenvalue weighted by Gasteiger charge is 2.18. The predicted octanol–water partition coefficient (Wildman–Crippen LogP) is 3.60. The molecule has 1 rings (SSSR count). The molecule has 0 fully saturated rings. The molecular formula is C14H18ClNO2S. The zero-order valence-corrected chi connectivity index (χ0v) is 12.7. The summed E-state index contributed by atoms with van der Waals surface area (Å²) in [6.45, 7) is 4.41. The quantitative estimate of drug-likeness (QED) is 0.816. The van der Waals surface area contributed by atoms with Crippen LogP contribution in [0.4, 0.5) is 0 Å². The van der Waals surface area contributed by atoms with E-state index in [2.05, 4.69) is 5.32 Å². The summed E-state index contributed by atoms with van der Waals surface area (Å²) in [5, 5.41) is 3.85. The van der Waals surface area contributed by atoms with Crippen molar-refractivity contribution in [2.45, 2.75) is 32.7 Å². The van der Waals surface area contributed by atoms with Gasteiger partial charge < -0.3 is 10.1 Å². The highest BCUT2D eigenvalue weighted by atomic mass is 35.5. The number of carbonyl (C=O) groups excluding carboxylic acids is 1. The summed E-state index contributed by atoms with van der Waals surface area (Å²) in [4.78, 5) is 12.1. The first-order valence-corrected chi connectivity index (χ1v) is 7.10. The molecule has 1 atom stereocenters. The van der Waals surface area contributed by atoms with Gasteiger partial charge in [0, 0.05) is 10.6 Å². The van der Waals surface area contributed by atoms with Crippen molar-refractivity contribution in [1.82, 2.24) is 5.32 Å². The van der Waals surface area contributed by atoms with Gasteiger partial charge in [0.15, 0.2) is 5.05 Å². The van der Waals surface area contributed by atoms with Gasteiger partial charge in [-0.05, 0) is 43.8 Å². The van der Waals surface area contributed by atoms with Gasteiger partial charge in [0.1, 0.15) is 0 Å². The molecule has 0 saturated carbocycles. The van der Waals surface area contributed by atoms with Crippen molar-refractivity contribution in [1.29, 1.82) is 0 Å². The van der Waals surface area contributed by atoms with Crippen molar-refractivity contribution in [3.8, 4) is 0 Å². The van der Waals surface area contributed by atoms with Gasteiger partial charge >= 0.3 is 0 Å². The standard InChI is InChI=1S/C14H18ClNO2S/c1-3-6-12(14(19)18-4-2)16-13(17)10-7-5-8-11(15)9-10/h5,7-9,12H,3-4,6H2,1-2H3,(H,16,17). The number of carbonyl (C=O) groups is 1. The van der Waals surface area contributed by atoms with Crippen LogP contribution in [0.15, 0.2) is 24.3 Å². The number of hydrogen-bond donors (Lipinski definition) is 1. The zero-order chi connectivity index (χ0) is 14.3. The zero-order valence-electron chi connectivity index (χ0n) is 11.1. The third-order valence-corrected chi connectivity index (χ3v) is 3.18. The Morgan fingerprint density at radius 3 is 2.79 bits per heavy atom. The van der Waals surface area contributed by atoms with Crippen molar-refractivity contribution < 1.29 is 9.53 Å². The monoisotopic (exact) mass is 299 g/mol. The third-order valence-electron chi connectivity index (χ3n) is 2.54. The molecule has 1 aromatic carbocycles. The largest absolute Gasteiger partial charge is 0.485 e. The lowest BCUT2D eigenvalue weighted by atomic mass is 10.1.